The first kappa shape index (κ1) is 14.6. The molecule has 1 heterocycles. The molecule has 2 N–H and O–H groups in total. The quantitative estimate of drug-likeness (QED) is 0.751. The number of hydrogen-bond donors (Lipinski definition) is 2. The molecule has 0 saturated heterocycles. The molecule has 0 bridgehead atoms. The van der Waals surface area contributed by atoms with E-state index in [1.807, 2.05) is 11.6 Å². The fraction of sp³-hybridized carbons (Fsp3) is 0.769. The van der Waals surface area contributed by atoms with E-state index in [1.54, 1.807) is 11.3 Å². The van der Waals surface area contributed by atoms with Crippen LogP contribution in [0.25, 0.3) is 0 Å². The Bertz CT molecular complexity index is 296. The van der Waals surface area contributed by atoms with Crippen LogP contribution in [-0.2, 0) is 0 Å². The molecule has 1 atom stereocenters. The molecule has 0 saturated carbocycles. The molecule has 0 aromatic carbocycles. The predicted molar refractivity (Wildman–Crippen MR) is 73.2 cm³/mol. The van der Waals surface area contributed by atoms with Crippen LogP contribution in [0.15, 0.2) is 11.6 Å². The SMILES string of the molecule is CCC(CC)(CCO)CNC(C)c1nccs1. The van der Waals surface area contributed by atoms with E-state index in [4.69, 9.17) is 0 Å². The monoisotopic (exact) mass is 256 g/mol. The third-order valence-electron chi connectivity index (χ3n) is 3.75. The van der Waals surface area contributed by atoms with Crippen molar-refractivity contribution in [2.45, 2.75) is 46.1 Å². The van der Waals surface area contributed by atoms with E-state index in [0.717, 1.165) is 30.8 Å². The van der Waals surface area contributed by atoms with Gasteiger partial charge in [-0.3, -0.25) is 0 Å². The molecule has 0 aliphatic rings. The largest absolute Gasteiger partial charge is 0.396 e. The summed E-state index contributed by atoms with van der Waals surface area (Å²) >= 11 is 1.69. The van der Waals surface area contributed by atoms with Gasteiger partial charge in [0.05, 0.1) is 6.04 Å². The Morgan fingerprint density at radius 2 is 2.18 bits per heavy atom. The molecule has 1 rings (SSSR count). The summed E-state index contributed by atoms with van der Waals surface area (Å²) in [7, 11) is 0. The van der Waals surface area contributed by atoms with Crippen LogP contribution in [0.5, 0.6) is 0 Å². The molecule has 1 aromatic rings. The first-order valence-electron chi connectivity index (χ1n) is 6.41. The number of aliphatic hydroxyl groups is 1. The van der Waals surface area contributed by atoms with Crippen LogP contribution in [0.3, 0.4) is 0 Å². The lowest BCUT2D eigenvalue weighted by molar-refractivity contribution is 0.160. The molecule has 0 fully saturated rings. The van der Waals surface area contributed by atoms with Gasteiger partial charge in [0.15, 0.2) is 0 Å². The van der Waals surface area contributed by atoms with Crippen molar-refractivity contribution < 1.29 is 5.11 Å². The second-order valence-electron chi connectivity index (χ2n) is 4.65. The zero-order valence-electron chi connectivity index (χ0n) is 11.1. The smallest absolute Gasteiger partial charge is 0.109 e. The van der Waals surface area contributed by atoms with Gasteiger partial charge in [0, 0.05) is 24.7 Å². The van der Waals surface area contributed by atoms with Crippen LogP contribution in [0.2, 0.25) is 0 Å². The van der Waals surface area contributed by atoms with Gasteiger partial charge in [-0.15, -0.1) is 11.3 Å². The van der Waals surface area contributed by atoms with Gasteiger partial charge in [0.25, 0.3) is 0 Å². The predicted octanol–water partition coefficient (Wildman–Crippen LogP) is 2.98. The first-order valence-corrected chi connectivity index (χ1v) is 7.29. The Balaban J connectivity index is 2.51. The van der Waals surface area contributed by atoms with E-state index in [9.17, 15) is 5.11 Å². The minimum atomic E-state index is 0.222. The van der Waals surface area contributed by atoms with E-state index >= 15 is 0 Å². The summed E-state index contributed by atoms with van der Waals surface area (Å²) in [6, 6.07) is 0.297. The molecular weight excluding hydrogens is 232 g/mol. The van der Waals surface area contributed by atoms with Crippen LogP contribution < -0.4 is 5.32 Å². The standard InChI is InChI=1S/C13H24N2OS/c1-4-13(5-2,6-8-16)10-15-11(3)12-14-7-9-17-12/h7,9,11,15-16H,4-6,8,10H2,1-3H3. The molecule has 0 aliphatic heterocycles. The minimum Gasteiger partial charge on any atom is -0.396 e. The lowest BCUT2D eigenvalue weighted by atomic mass is 9.79. The maximum absolute atomic E-state index is 9.18. The summed E-state index contributed by atoms with van der Waals surface area (Å²) in [5, 5.41) is 15.9. The van der Waals surface area contributed by atoms with Gasteiger partial charge < -0.3 is 10.4 Å². The fourth-order valence-electron chi connectivity index (χ4n) is 2.08. The molecule has 1 aromatic heterocycles. The van der Waals surface area contributed by atoms with Crippen molar-refractivity contribution in [3.8, 4) is 0 Å². The average molecular weight is 256 g/mol. The minimum absolute atomic E-state index is 0.222. The lowest BCUT2D eigenvalue weighted by Crippen LogP contribution is -2.35. The summed E-state index contributed by atoms with van der Waals surface area (Å²) in [5.74, 6) is 0. The molecule has 1 unspecified atom stereocenters. The van der Waals surface area contributed by atoms with Crippen LogP contribution in [0.1, 0.15) is 51.1 Å². The van der Waals surface area contributed by atoms with Crippen molar-refractivity contribution >= 4 is 11.3 Å². The summed E-state index contributed by atoms with van der Waals surface area (Å²) in [6.45, 7) is 7.77. The number of hydrogen-bond acceptors (Lipinski definition) is 4. The number of rotatable bonds is 8. The van der Waals surface area contributed by atoms with E-state index in [0.29, 0.717) is 6.04 Å². The fourth-order valence-corrected chi connectivity index (χ4v) is 2.75. The van der Waals surface area contributed by atoms with E-state index in [2.05, 4.69) is 31.1 Å². The zero-order valence-corrected chi connectivity index (χ0v) is 11.9. The van der Waals surface area contributed by atoms with Crippen molar-refractivity contribution in [2.75, 3.05) is 13.2 Å². The van der Waals surface area contributed by atoms with Crippen molar-refractivity contribution in [1.29, 1.82) is 0 Å². The zero-order chi connectivity index (χ0) is 12.7. The Kier molecular flexibility index (Phi) is 6.09. The van der Waals surface area contributed by atoms with Crippen molar-refractivity contribution in [2.24, 2.45) is 5.41 Å². The summed E-state index contributed by atoms with van der Waals surface area (Å²) < 4.78 is 0. The van der Waals surface area contributed by atoms with Gasteiger partial charge >= 0.3 is 0 Å². The Morgan fingerprint density at radius 3 is 2.65 bits per heavy atom. The van der Waals surface area contributed by atoms with E-state index in [1.165, 1.54) is 0 Å². The highest BCUT2D eigenvalue weighted by Crippen LogP contribution is 2.30. The molecule has 0 spiro atoms. The molecular formula is C13H24N2OS. The van der Waals surface area contributed by atoms with Crippen LogP contribution in [0, 0.1) is 5.41 Å². The highest BCUT2D eigenvalue weighted by Gasteiger charge is 2.26. The van der Waals surface area contributed by atoms with Crippen LogP contribution >= 0.6 is 11.3 Å². The topological polar surface area (TPSA) is 45.1 Å². The molecule has 0 aliphatic carbocycles. The molecule has 17 heavy (non-hydrogen) atoms. The van der Waals surface area contributed by atoms with Gasteiger partial charge in [-0.2, -0.15) is 0 Å². The van der Waals surface area contributed by atoms with Gasteiger partial charge in [-0.25, -0.2) is 4.98 Å². The van der Waals surface area contributed by atoms with Gasteiger partial charge in [0.1, 0.15) is 5.01 Å². The van der Waals surface area contributed by atoms with Crippen LogP contribution in [-0.4, -0.2) is 23.2 Å². The lowest BCUT2D eigenvalue weighted by Gasteiger charge is -2.32. The Hall–Kier alpha value is -0.450. The number of aliphatic hydroxyl groups excluding tert-OH is 1. The van der Waals surface area contributed by atoms with E-state index in [-0.39, 0.29) is 12.0 Å². The Morgan fingerprint density at radius 1 is 1.47 bits per heavy atom. The number of aromatic nitrogens is 1. The average Bonchev–Trinajstić information content (AvgIpc) is 2.88. The number of nitrogens with one attached hydrogen (secondary N) is 1. The van der Waals surface area contributed by atoms with E-state index < -0.39 is 0 Å². The molecule has 98 valence electrons. The van der Waals surface area contributed by atoms with Crippen LogP contribution in [0.4, 0.5) is 0 Å². The summed E-state index contributed by atoms with van der Waals surface area (Å²) in [6.07, 6.45) is 4.92. The first-order chi connectivity index (χ1) is 8.17. The molecule has 4 heteroatoms. The van der Waals surface area contributed by atoms with Crippen molar-refractivity contribution in [1.82, 2.24) is 10.3 Å². The maximum Gasteiger partial charge on any atom is 0.109 e. The second-order valence-corrected chi connectivity index (χ2v) is 5.58. The third kappa shape index (κ3) is 4.05. The number of nitrogens with zero attached hydrogens (tertiary/aromatic N) is 1. The second kappa shape index (κ2) is 7.09. The Labute approximate surface area is 108 Å². The normalized spacial score (nSPS) is 13.9. The summed E-state index contributed by atoms with van der Waals surface area (Å²) in [4.78, 5) is 4.32. The van der Waals surface area contributed by atoms with Crippen molar-refractivity contribution in [3.05, 3.63) is 16.6 Å². The maximum atomic E-state index is 9.18. The summed E-state index contributed by atoms with van der Waals surface area (Å²) in [5.41, 5.74) is 0.222. The third-order valence-corrected chi connectivity index (χ3v) is 4.71. The molecule has 0 amide bonds. The molecule has 3 nitrogen and oxygen atoms in total. The van der Waals surface area contributed by atoms with Gasteiger partial charge in [-0.05, 0) is 31.6 Å². The number of thiazole rings is 1. The van der Waals surface area contributed by atoms with Crippen molar-refractivity contribution in [3.63, 3.8) is 0 Å². The highest BCUT2D eigenvalue weighted by molar-refractivity contribution is 7.09. The van der Waals surface area contributed by atoms with Gasteiger partial charge in [0.2, 0.25) is 0 Å². The molecule has 0 radical (unpaired) electrons. The highest BCUT2D eigenvalue weighted by atomic mass is 32.1. The van der Waals surface area contributed by atoms with Gasteiger partial charge in [-0.1, -0.05) is 13.8 Å².